The lowest BCUT2D eigenvalue weighted by Gasteiger charge is -2.36. The number of carbonyl (C=O) groups is 2. The van der Waals surface area contributed by atoms with Crippen molar-refractivity contribution in [1.29, 1.82) is 0 Å². The van der Waals surface area contributed by atoms with Crippen LogP contribution in [0.4, 0.5) is 5.69 Å². The number of phenols is 1. The smallest absolute Gasteiger partial charge is 0.339 e. The number of carboxylic acids is 1. The first-order valence-electron chi connectivity index (χ1n) is 8.09. The first-order valence-corrected chi connectivity index (χ1v) is 9.74. The van der Waals surface area contributed by atoms with Crippen molar-refractivity contribution in [1.82, 2.24) is 0 Å². The SMILES string of the molecule is CC1(C)[C@@H]2CC[C@]1(CS(=O)(=O)Nc1ccc(C(=O)O)c(O)c1)C(=O)C2. The molecule has 0 amide bonds. The molecular formula is C17H21NO6S. The van der Waals surface area contributed by atoms with E-state index in [-0.39, 0.29) is 34.1 Å². The molecule has 25 heavy (non-hydrogen) atoms. The van der Waals surface area contributed by atoms with Crippen LogP contribution in [0.3, 0.4) is 0 Å². The van der Waals surface area contributed by atoms with Crippen molar-refractivity contribution < 1.29 is 28.2 Å². The Morgan fingerprint density at radius 2 is 2.04 bits per heavy atom. The molecule has 2 aliphatic rings. The molecule has 7 nitrogen and oxygen atoms in total. The van der Waals surface area contributed by atoms with Crippen molar-refractivity contribution >= 4 is 27.5 Å². The molecule has 8 heteroatoms. The van der Waals surface area contributed by atoms with E-state index in [1.807, 2.05) is 13.8 Å². The number of sulfonamides is 1. The summed E-state index contributed by atoms with van der Waals surface area (Å²) in [5.41, 5.74) is -1.50. The largest absolute Gasteiger partial charge is 0.507 e. The van der Waals surface area contributed by atoms with Crippen LogP contribution in [0.5, 0.6) is 5.75 Å². The number of hydrogen-bond donors (Lipinski definition) is 3. The molecule has 0 saturated heterocycles. The van der Waals surface area contributed by atoms with Gasteiger partial charge in [0.2, 0.25) is 10.0 Å². The van der Waals surface area contributed by atoms with Crippen LogP contribution in [0.1, 0.15) is 43.5 Å². The zero-order valence-electron chi connectivity index (χ0n) is 14.1. The third kappa shape index (κ3) is 2.68. The fourth-order valence-electron chi connectivity index (χ4n) is 4.42. The number of ketones is 1. The lowest BCUT2D eigenvalue weighted by Crippen LogP contribution is -2.43. The lowest BCUT2D eigenvalue weighted by molar-refractivity contribution is -0.128. The third-order valence-corrected chi connectivity index (χ3v) is 7.50. The zero-order chi connectivity index (χ0) is 18.6. The number of aromatic carboxylic acids is 1. The fourth-order valence-corrected chi connectivity index (χ4v) is 6.31. The molecule has 0 aromatic heterocycles. The lowest BCUT2D eigenvalue weighted by atomic mass is 9.70. The average molecular weight is 367 g/mol. The molecule has 0 unspecified atom stereocenters. The van der Waals surface area contributed by atoms with E-state index >= 15 is 0 Å². The minimum Gasteiger partial charge on any atom is -0.507 e. The van der Waals surface area contributed by atoms with Crippen LogP contribution in [0.25, 0.3) is 0 Å². The molecule has 1 aromatic rings. The second kappa shape index (κ2) is 5.45. The van der Waals surface area contributed by atoms with Gasteiger partial charge in [0.05, 0.1) is 16.9 Å². The van der Waals surface area contributed by atoms with Gasteiger partial charge in [-0.1, -0.05) is 13.8 Å². The van der Waals surface area contributed by atoms with E-state index in [4.69, 9.17) is 5.11 Å². The third-order valence-electron chi connectivity index (χ3n) is 6.08. The number of anilines is 1. The van der Waals surface area contributed by atoms with Crippen LogP contribution in [0.2, 0.25) is 0 Å². The molecule has 136 valence electrons. The standard InChI is InChI=1S/C17H21NO6S/c1-16(2)10-5-6-17(16,14(20)7-10)9-25(23,24)18-11-3-4-12(15(21)22)13(19)8-11/h3-4,8,10,18-19H,5-7,9H2,1-2H3,(H,21,22)/t10-,17+/m1/s1. The Kier molecular flexibility index (Phi) is 3.87. The van der Waals surface area contributed by atoms with E-state index < -0.39 is 27.2 Å². The Bertz CT molecular complexity index is 860. The van der Waals surface area contributed by atoms with E-state index in [1.165, 1.54) is 6.07 Å². The Balaban J connectivity index is 1.85. The van der Waals surface area contributed by atoms with Gasteiger partial charge in [0.25, 0.3) is 0 Å². The van der Waals surface area contributed by atoms with Gasteiger partial charge in [0.1, 0.15) is 17.1 Å². The summed E-state index contributed by atoms with van der Waals surface area (Å²) >= 11 is 0. The van der Waals surface area contributed by atoms with E-state index in [1.54, 1.807) is 0 Å². The number of rotatable bonds is 5. The summed E-state index contributed by atoms with van der Waals surface area (Å²) in [7, 11) is -3.85. The van der Waals surface area contributed by atoms with Crippen LogP contribution in [-0.4, -0.2) is 36.1 Å². The highest BCUT2D eigenvalue weighted by Crippen LogP contribution is 2.64. The van der Waals surface area contributed by atoms with Gasteiger partial charge >= 0.3 is 5.97 Å². The van der Waals surface area contributed by atoms with Gasteiger partial charge in [-0.3, -0.25) is 9.52 Å². The van der Waals surface area contributed by atoms with Crippen molar-refractivity contribution in [3.05, 3.63) is 23.8 Å². The maximum absolute atomic E-state index is 12.6. The summed E-state index contributed by atoms with van der Waals surface area (Å²) in [6, 6.07) is 3.46. The number of carboxylic acid groups (broad SMARTS) is 1. The second-order valence-electron chi connectivity index (χ2n) is 7.56. The summed E-state index contributed by atoms with van der Waals surface area (Å²) in [4.78, 5) is 23.4. The molecular weight excluding hydrogens is 346 g/mol. The molecule has 0 aliphatic heterocycles. The van der Waals surface area contributed by atoms with Gasteiger partial charge in [0.15, 0.2) is 0 Å². The van der Waals surface area contributed by atoms with Crippen molar-refractivity contribution in [2.75, 3.05) is 10.5 Å². The van der Waals surface area contributed by atoms with Gasteiger partial charge in [-0.15, -0.1) is 0 Å². The van der Waals surface area contributed by atoms with Crippen molar-refractivity contribution in [2.45, 2.75) is 33.1 Å². The van der Waals surface area contributed by atoms with Gasteiger partial charge in [-0.25, -0.2) is 13.2 Å². The summed E-state index contributed by atoms with van der Waals surface area (Å²) < 4.78 is 27.6. The Morgan fingerprint density at radius 3 is 2.52 bits per heavy atom. The number of hydrogen-bond acceptors (Lipinski definition) is 5. The zero-order valence-corrected chi connectivity index (χ0v) is 14.9. The van der Waals surface area contributed by atoms with E-state index in [2.05, 4.69) is 4.72 Å². The normalized spacial score (nSPS) is 27.4. The van der Waals surface area contributed by atoms with Gasteiger partial charge in [-0.05, 0) is 36.3 Å². The van der Waals surface area contributed by atoms with Crippen molar-refractivity contribution in [2.24, 2.45) is 16.7 Å². The van der Waals surface area contributed by atoms with Crippen LogP contribution in [-0.2, 0) is 14.8 Å². The number of Topliss-reactive ketones (excluding diaryl/α,β-unsaturated/α-hetero) is 1. The van der Waals surface area contributed by atoms with Crippen LogP contribution < -0.4 is 4.72 Å². The Hall–Kier alpha value is -2.09. The Morgan fingerprint density at radius 1 is 1.36 bits per heavy atom. The maximum atomic E-state index is 12.6. The molecule has 0 radical (unpaired) electrons. The second-order valence-corrected chi connectivity index (χ2v) is 9.29. The van der Waals surface area contributed by atoms with Gasteiger partial charge < -0.3 is 10.2 Å². The highest BCUT2D eigenvalue weighted by molar-refractivity contribution is 7.92. The molecule has 3 N–H and O–H groups in total. The molecule has 2 aliphatic carbocycles. The van der Waals surface area contributed by atoms with E-state index in [0.717, 1.165) is 18.6 Å². The predicted molar refractivity (Wildman–Crippen MR) is 91.0 cm³/mol. The molecule has 2 bridgehead atoms. The Labute approximate surface area is 146 Å². The molecule has 2 saturated carbocycles. The number of fused-ring (bicyclic) bond motifs is 2. The molecule has 1 aromatic carbocycles. The topological polar surface area (TPSA) is 121 Å². The number of aromatic hydroxyl groups is 1. The van der Waals surface area contributed by atoms with E-state index in [0.29, 0.717) is 12.8 Å². The number of carbonyl (C=O) groups excluding carboxylic acids is 1. The molecule has 3 rings (SSSR count). The fraction of sp³-hybridized carbons (Fsp3) is 0.529. The molecule has 0 heterocycles. The van der Waals surface area contributed by atoms with Crippen molar-refractivity contribution in [3.63, 3.8) is 0 Å². The van der Waals surface area contributed by atoms with Gasteiger partial charge in [0, 0.05) is 12.5 Å². The first-order chi connectivity index (χ1) is 11.5. The van der Waals surface area contributed by atoms with E-state index in [9.17, 15) is 23.1 Å². The number of nitrogens with one attached hydrogen (secondary N) is 1. The first kappa shape index (κ1) is 17.7. The molecule has 2 atom stereocenters. The maximum Gasteiger partial charge on any atom is 0.339 e. The van der Waals surface area contributed by atoms with Crippen LogP contribution in [0.15, 0.2) is 18.2 Å². The quantitative estimate of drug-likeness (QED) is 0.734. The summed E-state index contributed by atoms with van der Waals surface area (Å²) in [5.74, 6) is -1.91. The monoisotopic (exact) mass is 367 g/mol. The average Bonchev–Trinajstić information content (AvgIpc) is 2.80. The molecule has 0 spiro atoms. The summed E-state index contributed by atoms with van der Waals surface area (Å²) in [6.07, 6.45) is 1.84. The van der Waals surface area contributed by atoms with Crippen LogP contribution >= 0.6 is 0 Å². The van der Waals surface area contributed by atoms with Crippen LogP contribution in [0, 0.1) is 16.7 Å². The van der Waals surface area contributed by atoms with Crippen molar-refractivity contribution in [3.8, 4) is 5.75 Å². The van der Waals surface area contributed by atoms with Gasteiger partial charge in [-0.2, -0.15) is 0 Å². The minimum atomic E-state index is -3.85. The predicted octanol–water partition coefficient (Wildman–Crippen LogP) is 2.23. The summed E-state index contributed by atoms with van der Waals surface area (Å²) in [6.45, 7) is 3.91. The minimum absolute atomic E-state index is 0.00296. The summed E-state index contributed by atoms with van der Waals surface area (Å²) in [5, 5.41) is 18.6. The highest BCUT2D eigenvalue weighted by Gasteiger charge is 2.65. The number of benzene rings is 1. The molecule has 2 fully saturated rings. The highest BCUT2D eigenvalue weighted by atomic mass is 32.2.